The summed E-state index contributed by atoms with van der Waals surface area (Å²) in [7, 11) is 8.79. The zero-order valence-electron chi connectivity index (χ0n) is 63.4. The molecule has 9 amide bonds. The largest absolute Gasteiger partial charge is 0.458 e. The van der Waals surface area contributed by atoms with Gasteiger partial charge in [-0.25, -0.2) is 14.4 Å². The molecule has 2 heterocycles. The summed E-state index contributed by atoms with van der Waals surface area (Å²) in [6.45, 7) is 25.0. The number of methoxy groups -OCH3 is 2. The molecule has 2 aromatic rings. The predicted octanol–water partition coefficient (Wildman–Crippen LogP) is 8.77. The molecule has 2 aliphatic heterocycles. The summed E-state index contributed by atoms with van der Waals surface area (Å²) in [5.41, 5.74) is 6.45. The molecule has 2 aromatic carbocycles. The number of nitrogens with two attached hydrogens (primary N) is 1. The van der Waals surface area contributed by atoms with Crippen molar-refractivity contribution in [3.63, 3.8) is 0 Å². The van der Waals surface area contributed by atoms with Crippen LogP contribution in [0, 0.1) is 41.4 Å². The summed E-state index contributed by atoms with van der Waals surface area (Å²) in [6.07, 6.45) is 6.31. The number of primary amides is 1. The first-order valence-corrected chi connectivity index (χ1v) is 35.8. The van der Waals surface area contributed by atoms with Gasteiger partial charge in [-0.05, 0) is 127 Å². The van der Waals surface area contributed by atoms with E-state index in [9.17, 15) is 57.5 Å². The van der Waals surface area contributed by atoms with Gasteiger partial charge in [-0.3, -0.25) is 48.1 Å². The number of anilines is 1. The zero-order chi connectivity index (χ0) is 76.0. The van der Waals surface area contributed by atoms with Gasteiger partial charge in [-0.1, -0.05) is 118 Å². The molecule has 0 spiro atoms. The SMILES string of the molecule is CC(=O)[C@@H](CC(=O)[C@H](C(C)C)N(C)C(=O)OCc1ccc(NC(=O)[C@H](CCCNC(N)=O)CC(=O)[C@@H](NC(=O)CCCCCN2C(=O)C=CC2=O)C(C)C)cc1)C(C)C.CC[C@H](C)[C@@H]([C@@H](CC(=O)N1CCC[C@H]1[C@H](OC)[C@@H](C)C(=O)N[C@@H](Cc1ccccc1)C(=O)OC(C)(C)C)OC)N(C)C. The van der Waals surface area contributed by atoms with Crippen LogP contribution in [0.15, 0.2) is 66.7 Å². The maximum atomic E-state index is 13.7. The summed E-state index contributed by atoms with van der Waals surface area (Å²) in [5, 5.41) is 11.1. The summed E-state index contributed by atoms with van der Waals surface area (Å²) in [5.74, 6) is -4.87. The van der Waals surface area contributed by atoms with Gasteiger partial charge in [-0.15, -0.1) is 0 Å². The summed E-state index contributed by atoms with van der Waals surface area (Å²) in [4.78, 5) is 160. The van der Waals surface area contributed by atoms with Gasteiger partial charge in [0.15, 0.2) is 11.6 Å². The van der Waals surface area contributed by atoms with Crippen LogP contribution in [0.3, 0.4) is 0 Å². The minimum absolute atomic E-state index is 0.00451. The lowest BCUT2D eigenvalue weighted by atomic mass is 9.84. The average molecular weight is 1410 g/mol. The first-order valence-electron chi connectivity index (χ1n) is 35.8. The number of hydrogen-bond donors (Lipinski definition) is 5. The number of ether oxygens (including phenoxy) is 4. The summed E-state index contributed by atoms with van der Waals surface area (Å²) in [6, 6.07) is 12.8. The number of unbranched alkanes of at least 4 members (excludes halogenated alkanes) is 2. The second-order valence-electron chi connectivity index (χ2n) is 29.1. The molecule has 0 saturated carbocycles. The number of amides is 9. The number of esters is 1. The molecular formula is C76H119N9O16. The van der Waals surface area contributed by atoms with E-state index in [1.165, 1.54) is 31.0 Å². The lowest BCUT2D eigenvalue weighted by molar-refractivity contribution is -0.159. The van der Waals surface area contributed by atoms with Gasteiger partial charge in [0, 0.05) is 102 Å². The zero-order valence-corrected chi connectivity index (χ0v) is 63.4. The lowest BCUT2D eigenvalue weighted by Gasteiger charge is -2.38. The second-order valence-corrected chi connectivity index (χ2v) is 29.1. The molecule has 101 heavy (non-hydrogen) atoms. The van der Waals surface area contributed by atoms with Crippen molar-refractivity contribution in [3.05, 3.63) is 77.9 Å². The average Bonchev–Trinajstić information content (AvgIpc) is 1.76. The van der Waals surface area contributed by atoms with Crippen molar-refractivity contribution in [2.45, 2.75) is 228 Å². The number of rotatable bonds is 41. The molecule has 25 heteroatoms. The van der Waals surface area contributed by atoms with Crippen molar-refractivity contribution in [3.8, 4) is 0 Å². The molecular weight excluding hydrogens is 1290 g/mol. The molecule has 1 saturated heterocycles. The highest BCUT2D eigenvalue weighted by Crippen LogP contribution is 2.30. The number of hydrogen-bond acceptors (Lipinski definition) is 17. The molecule has 0 aliphatic carbocycles. The Morgan fingerprint density at radius 2 is 1.36 bits per heavy atom. The fourth-order valence-electron chi connectivity index (χ4n) is 13.1. The van der Waals surface area contributed by atoms with Crippen LogP contribution in [0.2, 0.25) is 0 Å². The Labute approximate surface area is 599 Å². The van der Waals surface area contributed by atoms with Gasteiger partial charge < -0.3 is 60.6 Å². The van der Waals surface area contributed by atoms with Crippen molar-refractivity contribution in [2.24, 2.45) is 47.2 Å². The van der Waals surface area contributed by atoms with E-state index in [0.29, 0.717) is 55.8 Å². The Hall–Kier alpha value is -7.90. The number of imide groups is 1. The van der Waals surface area contributed by atoms with Crippen molar-refractivity contribution in [1.29, 1.82) is 0 Å². The van der Waals surface area contributed by atoms with Crippen LogP contribution in [0.25, 0.3) is 0 Å². The van der Waals surface area contributed by atoms with Crippen LogP contribution >= 0.6 is 0 Å². The number of benzene rings is 2. The Kier molecular flexibility index (Phi) is 37.3. The molecule has 0 bridgehead atoms. The minimum Gasteiger partial charge on any atom is -0.458 e. The van der Waals surface area contributed by atoms with Gasteiger partial charge >= 0.3 is 18.1 Å². The molecule has 2 aliphatic rings. The van der Waals surface area contributed by atoms with Crippen molar-refractivity contribution >= 4 is 76.6 Å². The third kappa shape index (κ3) is 29.2. The number of carbonyl (C=O) groups is 12. The maximum Gasteiger partial charge on any atom is 0.410 e. The van der Waals surface area contributed by atoms with Gasteiger partial charge in [0.05, 0.1) is 42.7 Å². The standard InChI is InChI=1S/C43H64N6O10.C33H55N3O6/c1-26(2)33(29(7)50)24-35(52)40(28(5)6)48(8)43(58)59-25-30-15-17-32(18-16-30)46-41(56)31(13-12-21-45-42(44)57)23-34(51)39(27(3)4)47-36(53)14-10-9-11-22-49-37(54)19-20-38(49)55;1-11-22(2)29(35(7)8)27(40-9)21-28(37)36-19-15-18-26(36)30(41-10)23(3)31(38)34-25(32(39)42-33(4,5)6)20-24-16-13-12-14-17-24/h15-20,26-28,31,33,39-40H,9-14,21-25H2,1-8H3,(H,46,56)(H,47,53)(H3,44,45,57);12-14,16-17,22-23,25-27,29-30H,11,15,18-21H2,1-10H3,(H,34,38)/t31-,33+,39+,40+;22-,23+,25-,26-,27+,29-,30+/m10/s1. The van der Waals surface area contributed by atoms with E-state index in [-0.39, 0.29) is 135 Å². The van der Waals surface area contributed by atoms with E-state index < -0.39 is 71.6 Å². The smallest absolute Gasteiger partial charge is 0.410 e. The van der Waals surface area contributed by atoms with E-state index >= 15 is 0 Å². The second kappa shape index (κ2) is 43.1. The number of Topliss-reactive ketones (excluding diaryl/α,β-unsaturated/α-hetero) is 3. The molecule has 0 radical (unpaired) electrons. The van der Waals surface area contributed by atoms with Gasteiger partial charge in [0.2, 0.25) is 23.6 Å². The molecule has 25 nitrogen and oxygen atoms in total. The van der Waals surface area contributed by atoms with Crippen molar-refractivity contribution in [2.75, 3.05) is 60.3 Å². The van der Waals surface area contributed by atoms with Crippen LogP contribution in [-0.2, 0) is 79.9 Å². The number of carbonyl (C=O) groups excluding carboxylic acids is 12. The van der Waals surface area contributed by atoms with Crippen LogP contribution in [-0.4, -0.2) is 194 Å². The number of urea groups is 1. The van der Waals surface area contributed by atoms with Crippen LogP contribution < -0.4 is 27.0 Å². The fraction of sp³-hybridized carbons (Fsp3) is 0.658. The molecule has 564 valence electrons. The molecule has 0 unspecified atom stereocenters. The highest BCUT2D eigenvalue weighted by molar-refractivity contribution is 6.12. The Bertz CT molecular complexity index is 3060. The third-order valence-corrected chi connectivity index (χ3v) is 18.7. The van der Waals surface area contributed by atoms with Gasteiger partial charge in [0.25, 0.3) is 11.8 Å². The summed E-state index contributed by atoms with van der Waals surface area (Å²) >= 11 is 0. The lowest BCUT2D eigenvalue weighted by Crippen LogP contribution is -2.54. The minimum atomic E-state index is -0.855. The van der Waals surface area contributed by atoms with E-state index in [1.54, 1.807) is 80.0 Å². The number of nitrogens with zero attached hydrogens (tertiary/aromatic N) is 4. The van der Waals surface area contributed by atoms with Crippen LogP contribution in [0.5, 0.6) is 0 Å². The molecule has 11 atom stereocenters. The summed E-state index contributed by atoms with van der Waals surface area (Å²) < 4.78 is 22.9. The number of nitrogens with one attached hydrogen (secondary N) is 4. The monoisotopic (exact) mass is 1410 g/mol. The molecule has 4 rings (SSSR count). The maximum absolute atomic E-state index is 13.7. The van der Waals surface area contributed by atoms with E-state index in [1.807, 2.05) is 77.0 Å². The van der Waals surface area contributed by atoms with E-state index in [4.69, 9.17) is 24.7 Å². The van der Waals surface area contributed by atoms with Gasteiger partial charge in [0.1, 0.15) is 24.0 Å². The van der Waals surface area contributed by atoms with Crippen molar-refractivity contribution < 1.29 is 76.5 Å². The molecule has 0 aromatic heterocycles. The molecule has 1 fully saturated rings. The Morgan fingerprint density at radius 1 is 0.723 bits per heavy atom. The van der Waals surface area contributed by atoms with Gasteiger partial charge in [-0.2, -0.15) is 0 Å². The highest BCUT2D eigenvalue weighted by Gasteiger charge is 2.43. The topological polar surface area (TPSA) is 329 Å². The van der Waals surface area contributed by atoms with E-state index in [2.05, 4.69) is 40.0 Å². The van der Waals surface area contributed by atoms with Crippen LogP contribution in [0.4, 0.5) is 15.3 Å². The Balaban J connectivity index is 0.000000556. The predicted molar refractivity (Wildman–Crippen MR) is 386 cm³/mol. The van der Waals surface area contributed by atoms with Crippen molar-refractivity contribution in [1.82, 2.24) is 35.6 Å². The third-order valence-electron chi connectivity index (χ3n) is 18.7. The first kappa shape index (κ1) is 87.3. The van der Waals surface area contributed by atoms with Crippen LogP contribution in [0.1, 0.15) is 178 Å². The quantitative estimate of drug-likeness (QED) is 0.0236. The first-order chi connectivity index (χ1) is 47.5. The van der Waals surface area contributed by atoms with E-state index in [0.717, 1.165) is 29.7 Å². The number of ketones is 3. The molecule has 6 N–H and O–H groups in total. The highest BCUT2D eigenvalue weighted by atomic mass is 16.6. The number of likely N-dealkylation sites (N-methyl/N-ethyl adjacent to an activating group) is 2. The fourth-order valence-corrected chi connectivity index (χ4v) is 13.1. The normalized spacial score (nSPS) is 16.8. The number of likely N-dealkylation sites (tertiary alicyclic amines) is 1. The Morgan fingerprint density at radius 3 is 1.89 bits per heavy atom.